The Labute approximate surface area is 302 Å². The van der Waals surface area contributed by atoms with Crippen LogP contribution in [0.15, 0.2) is 141 Å². The predicted octanol–water partition coefficient (Wildman–Crippen LogP) is 7.95. The molecular formula is C42H32N2O9. The van der Waals surface area contributed by atoms with Gasteiger partial charge in [0.1, 0.15) is 34.5 Å². The molecule has 0 saturated carbocycles. The molecule has 0 N–H and O–H groups in total. The van der Waals surface area contributed by atoms with Crippen molar-refractivity contribution in [2.45, 2.75) is 20.8 Å². The van der Waals surface area contributed by atoms with Gasteiger partial charge in [-0.1, -0.05) is 19.2 Å². The second-order valence-electron chi connectivity index (χ2n) is 12.5. The maximum Gasteiger partial charge on any atom is 0.266 e. The van der Waals surface area contributed by atoms with Crippen LogP contribution in [-0.2, 0) is 7.05 Å². The first kappa shape index (κ1) is 34.3. The van der Waals surface area contributed by atoms with E-state index in [0.717, 1.165) is 14.7 Å². The Balaban J connectivity index is 1.27. The van der Waals surface area contributed by atoms with Crippen molar-refractivity contribution in [3.8, 4) is 51.7 Å². The first-order chi connectivity index (χ1) is 25.4. The topological polar surface area (TPSA) is 124 Å². The van der Waals surface area contributed by atoms with Gasteiger partial charge >= 0.3 is 0 Å². The van der Waals surface area contributed by atoms with Crippen molar-refractivity contribution in [1.29, 1.82) is 0 Å². The van der Waals surface area contributed by atoms with Gasteiger partial charge in [-0.3, -0.25) is 23.7 Å². The van der Waals surface area contributed by atoms with Crippen molar-refractivity contribution in [2.24, 2.45) is 7.05 Å². The van der Waals surface area contributed by atoms with E-state index in [0.29, 0.717) is 46.0 Å². The molecule has 0 spiro atoms. The van der Waals surface area contributed by atoms with E-state index < -0.39 is 22.2 Å². The molecule has 11 heteroatoms. The summed E-state index contributed by atoms with van der Waals surface area (Å²) in [5, 5.41) is 0.181. The fraction of sp³-hybridized carbons (Fsp3) is 0.0952. The van der Waals surface area contributed by atoms with Crippen LogP contribution in [0.1, 0.15) is 19.4 Å². The van der Waals surface area contributed by atoms with Crippen molar-refractivity contribution >= 4 is 21.5 Å². The monoisotopic (exact) mass is 708 g/mol. The summed E-state index contributed by atoms with van der Waals surface area (Å²) >= 11 is 0. The number of ether oxygens (including phenoxy) is 5. The zero-order valence-electron chi connectivity index (χ0n) is 29.2. The lowest BCUT2D eigenvalue weighted by Crippen LogP contribution is -2.23. The second-order valence-corrected chi connectivity index (χ2v) is 12.5. The molecule has 5 aromatic carbocycles. The molecule has 0 radical (unpaired) electrons. The Morgan fingerprint density at radius 1 is 0.491 bits per heavy atom. The Morgan fingerprint density at radius 2 is 0.925 bits per heavy atom. The van der Waals surface area contributed by atoms with E-state index in [9.17, 15) is 19.2 Å². The van der Waals surface area contributed by atoms with E-state index >= 15 is 0 Å². The molecule has 0 aliphatic carbocycles. The largest absolute Gasteiger partial charge is 0.463 e. The number of allylic oxidation sites excluding steroid dienone is 2. The van der Waals surface area contributed by atoms with Crippen molar-refractivity contribution in [1.82, 2.24) is 9.13 Å². The van der Waals surface area contributed by atoms with Crippen LogP contribution >= 0.6 is 0 Å². The van der Waals surface area contributed by atoms with Gasteiger partial charge < -0.3 is 23.7 Å². The number of rotatable bonds is 11. The number of nitrogens with zero attached hydrogens (tertiary/aromatic N) is 2. The van der Waals surface area contributed by atoms with Gasteiger partial charge in [0, 0.05) is 19.2 Å². The van der Waals surface area contributed by atoms with Gasteiger partial charge in [-0.15, -0.1) is 0 Å². The minimum atomic E-state index is -0.650. The van der Waals surface area contributed by atoms with Gasteiger partial charge in [-0.2, -0.15) is 0 Å². The van der Waals surface area contributed by atoms with Crippen LogP contribution in [0.2, 0.25) is 0 Å². The van der Waals surface area contributed by atoms with E-state index in [-0.39, 0.29) is 38.7 Å². The van der Waals surface area contributed by atoms with Crippen molar-refractivity contribution in [3.63, 3.8) is 0 Å². The van der Waals surface area contributed by atoms with Gasteiger partial charge in [-0.25, -0.2) is 4.57 Å². The highest BCUT2D eigenvalue weighted by molar-refractivity contribution is 5.98. The molecule has 2 aromatic heterocycles. The number of benzene rings is 5. The summed E-state index contributed by atoms with van der Waals surface area (Å²) in [5.74, 6) is 4.68. The number of hydrogen-bond acceptors (Lipinski definition) is 9. The summed E-state index contributed by atoms with van der Waals surface area (Å²) in [5.41, 5.74) is -1.35. The minimum Gasteiger partial charge on any atom is -0.463 e. The molecule has 0 aliphatic rings. The van der Waals surface area contributed by atoms with Gasteiger partial charge in [-0.05, 0) is 105 Å². The lowest BCUT2D eigenvalue weighted by atomic mass is 10.1. The van der Waals surface area contributed by atoms with Crippen molar-refractivity contribution in [2.75, 3.05) is 0 Å². The third kappa shape index (κ3) is 6.71. The fourth-order valence-corrected chi connectivity index (χ4v) is 5.82. The molecule has 11 nitrogen and oxygen atoms in total. The van der Waals surface area contributed by atoms with Gasteiger partial charge in [0.25, 0.3) is 22.2 Å². The zero-order chi connectivity index (χ0) is 37.6. The number of hydrogen-bond donors (Lipinski definition) is 0. The smallest absolute Gasteiger partial charge is 0.266 e. The predicted molar refractivity (Wildman–Crippen MR) is 202 cm³/mol. The third-order valence-electron chi connectivity index (χ3n) is 8.35. The summed E-state index contributed by atoms with van der Waals surface area (Å²) < 4.78 is 31.8. The number of aryl methyl sites for hydroxylation is 1. The maximum atomic E-state index is 13.7. The second kappa shape index (κ2) is 13.5. The van der Waals surface area contributed by atoms with Gasteiger partial charge in [0.15, 0.2) is 11.5 Å². The highest BCUT2D eigenvalue weighted by atomic mass is 16.5. The highest BCUT2D eigenvalue weighted by Crippen LogP contribution is 2.39. The quantitative estimate of drug-likeness (QED) is 0.123. The average Bonchev–Trinajstić information content (AvgIpc) is 3.49. The van der Waals surface area contributed by atoms with Crippen LogP contribution in [0.5, 0.6) is 46.0 Å². The summed E-state index contributed by atoms with van der Waals surface area (Å²) in [6.07, 6.45) is 0. The Bertz CT molecular complexity index is 2720. The Morgan fingerprint density at radius 3 is 1.43 bits per heavy atom. The number of aromatic nitrogens is 2. The normalized spacial score (nSPS) is 11.1. The number of fused-ring (bicyclic) bond motifs is 2. The summed E-state index contributed by atoms with van der Waals surface area (Å²) in [7, 11) is 1.35. The highest BCUT2D eigenvalue weighted by Gasteiger charge is 2.21. The lowest BCUT2D eigenvalue weighted by Gasteiger charge is -2.16. The van der Waals surface area contributed by atoms with Crippen molar-refractivity contribution in [3.05, 3.63) is 169 Å². The molecule has 0 aliphatic heterocycles. The molecular weight excluding hydrogens is 676 g/mol. The van der Waals surface area contributed by atoms with Gasteiger partial charge in [0.2, 0.25) is 0 Å². The standard InChI is InChI=1S/C42H32N2O9/c1-23(2)49-27-10-14-29(15-11-27)51-37-20-31(9-7-25(37)5)53-36-18-8-26(19-38(36)52-30-16-12-28(13-17-30)50-24(3)4)44-41(47)34-21-32-33(22-35(34)42(44)48)40(46)43(6)39(32)45/h7-22H,1,3H2,2,4-6H3. The molecule has 7 rings (SSSR count). The molecule has 0 amide bonds. The first-order valence-corrected chi connectivity index (χ1v) is 16.4. The van der Waals surface area contributed by atoms with Crippen LogP contribution < -0.4 is 45.9 Å². The van der Waals surface area contributed by atoms with E-state index in [1.165, 1.54) is 25.2 Å². The van der Waals surface area contributed by atoms with Crippen LogP contribution in [0.3, 0.4) is 0 Å². The SMILES string of the molecule is C=C(C)Oc1ccc(Oc2cc(Oc3ccc(-n4c(=O)c5cc6c(=O)n(C)c(=O)c6cc5c4=O)cc3Oc3ccc(OC(=C)C)cc3)ccc2C)cc1. The van der Waals surface area contributed by atoms with Crippen LogP contribution in [0.25, 0.3) is 27.2 Å². The molecule has 0 bridgehead atoms. The first-order valence-electron chi connectivity index (χ1n) is 16.4. The van der Waals surface area contributed by atoms with Crippen LogP contribution in [0.4, 0.5) is 0 Å². The molecule has 0 fully saturated rings. The zero-order valence-corrected chi connectivity index (χ0v) is 29.2. The fourth-order valence-electron chi connectivity index (χ4n) is 5.82. The van der Waals surface area contributed by atoms with Crippen LogP contribution in [0, 0.1) is 6.92 Å². The molecule has 2 heterocycles. The summed E-state index contributed by atoms with van der Waals surface area (Å²) in [6, 6.07) is 26.5. The van der Waals surface area contributed by atoms with Crippen LogP contribution in [-0.4, -0.2) is 9.13 Å². The van der Waals surface area contributed by atoms with E-state index in [2.05, 4.69) is 13.2 Å². The Hall–Kier alpha value is -7.14. The molecule has 0 unspecified atom stereocenters. The van der Waals surface area contributed by atoms with E-state index in [4.69, 9.17) is 23.7 Å². The minimum absolute atomic E-state index is 0.0197. The molecule has 0 atom stereocenters. The maximum absolute atomic E-state index is 13.7. The molecule has 264 valence electrons. The molecule has 0 saturated heterocycles. The average molecular weight is 709 g/mol. The summed E-state index contributed by atoms with van der Waals surface area (Å²) in [4.78, 5) is 52.7. The van der Waals surface area contributed by atoms with Crippen molar-refractivity contribution < 1.29 is 23.7 Å². The van der Waals surface area contributed by atoms with E-state index in [1.807, 2.05) is 13.0 Å². The lowest BCUT2D eigenvalue weighted by molar-refractivity contribution is 0.411. The molecule has 53 heavy (non-hydrogen) atoms. The third-order valence-corrected chi connectivity index (χ3v) is 8.35. The molecule has 7 aromatic rings. The summed E-state index contributed by atoms with van der Waals surface area (Å²) in [6.45, 7) is 12.9. The Kier molecular flexibility index (Phi) is 8.76. The van der Waals surface area contributed by atoms with E-state index in [1.54, 1.807) is 86.6 Å². The van der Waals surface area contributed by atoms with Gasteiger partial charge in [0.05, 0.1) is 38.8 Å².